The molecule has 2 aliphatic rings. The summed E-state index contributed by atoms with van der Waals surface area (Å²) < 4.78 is 2.07. The van der Waals surface area contributed by atoms with E-state index in [1.807, 2.05) is 25.7 Å². The molecule has 7 heteroatoms. The number of fused-ring (bicyclic) bond motifs is 1. The fourth-order valence-electron chi connectivity index (χ4n) is 4.28. The van der Waals surface area contributed by atoms with Crippen LogP contribution in [0.2, 0.25) is 0 Å². The second kappa shape index (κ2) is 8.07. The van der Waals surface area contributed by atoms with Gasteiger partial charge in [0.15, 0.2) is 5.69 Å². The Morgan fingerprint density at radius 3 is 2.64 bits per heavy atom. The number of allylic oxidation sites excluding steroid dienone is 1. The minimum atomic E-state index is -0.555. The van der Waals surface area contributed by atoms with Gasteiger partial charge < -0.3 is 14.8 Å². The lowest BCUT2D eigenvalue weighted by molar-refractivity contribution is -0.129. The first-order valence-electron chi connectivity index (χ1n) is 10.2. The van der Waals surface area contributed by atoms with Gasteiger partial charge in [0.05, 0.1) is 12.0 Å². The van der Waals surface area contributed by atoms with Crippen molar-refractivity contribution in [2.75, 3.05) is 20.6 Å². The number of carbonyl (C=O) groups excluding carboxylic acids is 2. The molecule has 1 aromatic heterocycles. The van der Waals surface area contributed by atoms with Gasteiger partial charge in [-0.05, 0) is 31.7 Å². The highest BCUT2D eigenvalue weighted by atomic mass is 16.2. The van der Waals surface area contributed by atoms with Gasteiger partial charge in [0.1, 0.15) is 6.04 Å². The van der Waals surface area contributed by atoms with Crippen molar-refractivity contribution in [1.29, 1.82) is 0 Å². The maximum Gasteiger partial charge on any atom is 0.275 e. The van der Waals surface area contributed by atoms with Gasteiger partial charge in [-0.2, -0.15) is 0 Å². The summed E-state index contributed by atoms with van der Waals surface area (Å²) >= 11 is 0. The molecule has 0 saturated carbocycles. The smallest absolute Gasteiger partial charge is 0.275 e. The van der Waals surface area contributed by atoms with Crippen molar-refractivity contribution in [2.45, 2.75) is 65.2 Å². The molecule has 2 amide bonds. The minimum Gasteiger partial charge on any atom is -0.357 e. The normalized spacial score (nSPS) is 21.1. The molecule has 0 bridgehead atoms. The van der Waals surface area contributed by atoms with E-state index in [0.29, 0.717) is 12.2 Å². The molecule has 1 aromatic rings. The van der Waals surface area contributed by atoms with Crippen LogP contribution in [0.25, 0.3) is 0 Å². The molecule has 0 spiro atoms. The van der Waals surface area contributed by atoms with Gasteiger partial charge in [-0.3, -0.25) is 14.5 Å². The number of amides is 2. The molecule has 0 radical (unpaired) electrons. The Kier molecular flexibility index (Phi) is 5.93. The highest BCUT2D eigenvalue weighted by Gasteiger charge is 2.43. The Morgan fingerprint density at radius 1 is 1.29 bits per heavy atom. The van der Waals surface area contributed by atoms with E-state index in [1.165, 1.54) is 0 Å². The van der Waals surface area contributed by atoms with Gasteiger partial charge in [0, 0.05) is 32.7 Å². The zero-order valence-electron chi connectivity index (χ0n) is 17.7. The van der Waals surface area contributed by atoms with E-state index < -0.39 is 11.5 Å². The van der Waals surface area contributed by atoms with Crippen molar-refractivity contribution in [2.24, 2.45) is 5.41 Å². The van der Waals surface area contributed by atoms with Crippen molar-refractivity contribution in [1.82, 2.24) is 24.7 Å². The van der Waals surface area contributed by atoms with Crippen molar-refractivity contribution in [3.63, 3.8) is 0 Å². The van der Waals surface area contributed by atoms with Crippen molar-refractivity contribution in [3.05, 3.63) is 29.9 Å². The van der Waals surface area contributed by atoms with Crippen LogP contribution in [-0.2, 0) is 17.9 Å². The van der Waals surface area contributed by atoms with Gasteiger partial charge in [-0.15, -0.1) is 0 Å². The van der Waals surface area contributed by atoms with Crippen LogP contribution in [0.1, 0.15) is 56.2 Å². The molecule has 0 saturated heterocycles. The molecule has 3 rings (SSSR count). The van der Waals surface area contributed by atoms with E-state index in [2.05, 4.69) is 39.0 Å². The quantitative estimate of drug-likeness (QED) is 0.803. The summed E-state index contributed by atoms with van der Waals surface area (Å²) in [5, 5.41) is 2.78. The molecule has 1 N–H and O–H groups in total. The molecular formula is C21H33N5O2. The summed E-state index contributed by atoms with van der Waals surface area (Å²) in [6.45, 7) is 8.51. The molecule has 2 atom stereocenters. The Morgan fingerprint density at radius 2 is 2.04 bits per heavy atom. The third-order valence-electron chi connectivity index (χ3n) is 5.75. The first kappa shape index (κ1) is 20.6. The molecule has 2 heterocycles. The first-order valence-corrected chi connectivity index (χ1v) is 10.2. The number of nitrogens with one attached hydrogen (secondary N) is 1. The van der Waals surface area contributed by atoms with Crippen LogP contribution >= 0.6 is 0 Å². The summed E-state index contributed by atoms with van der Waals surface area (Å²) in [6, 6.07) is -0.558. The van der Waals surface area contributed by atoms with Gasteiger partial charge >= 0.3 is 0 Å². The largest absolute Gasteiger partial charge is 0.357 e. The number of imidazole rings is 1. The number of hydrogen-bond donors (Lipinski definition) is 1. The SMILES string of the molecule is CNC(=O)[C@@H](N(C(=O)c1ncn2c1CN(C)CC2)[C@@H]1CC=CCC1)C(C)(C)C. The highest BCUT2D eigenvalue weighted by Crippen LogP contribution is 2.32. The van der Waals surface area contributed by atoms with E-state index in [4.69, 9.17) is 0 Å². The molecule has 0 fully saturated rings. The zero-order valence-corrected chi connectivity index (χ0v) is 17.7. The van der Waals surface area contributed by atoms with E-state index in [9.17, 15) is 9.59 Å². The lowest BCUT2D eigenvalue weighted by Gasteiger charge is -2.43. The molecule has 0 aromatic carbocycles. The summed E-state index contributed by atoms with van der Waals surface area (Å²) in [4.78, 5) is 35.2. The Bertz CT molecular complexity index is 761. The second-order valence-corrected chi connectivity index (χ2v) is 9.00. The average Bonchev–Trinajstić information content (AvgIpc) is 3.07. The number of likely N-dealkylation sites (N-methyl/N-ethyl adjacent to an activating group) is 2. The van der Waals surface area contributed by atoms with Crippen LogP contribution < -0.4 is 5.32 Å². The zero-order chi connectivity index (χ0) is 20.5. The molecule has 7 nitrogen and oxygen atoms in total. The summed E-state index contributed by atoms with van der Waals surface area (Å²) in [6.07, 6.45) is 8.59. The Labute approximate surface area is 167 Å². The Balaban J connectivity index is 2.04. The maximum absolute atomic E-state index is 13.8. The number of carbonyl (C=O) groups is 2. The van der Waals surface area contributed by atoms with Crippen molar-refractivity contribution >= 4 is 11.8 Å². The molecule has 1 aliphatic carbocycles. The first-order chi connectivity index (χ1) is 13.2. The molecule has 1 aliphatic heterocycles. The molecule has 0 unspecified atom stereocenters. The van der Waals surface area contributed by atoms with Crippen molar-refractivity contribution < 1.29 is 9.59 Å². The van der Waals surface area contributed by atoms with Gasteiger partial charge in [-0.25, -0.2) is 4.98 Å². The monoisotopic (exact) mass is 387 g/mol. The van der Waals surface area contributed by atoms with Crippen LogP contribution in [0, 0.1) is 5.41 Å². The lowest BCUT2D eigenvalue weighted by atomic mass is 9.82. The summed E-state index contributed by atoms with van der Waals surface area (Å²) in [5.41, 5.74) is 1.03. The third-order valence-corrected chi connectivity index (χ3v) is 5.75. The fourth-order valence-corrected chi connectivity index (χ4v) is 4.28. The lowest BCUT2D eigenvalue weighted by Crippen LogP contribution is -2.59. The molecule has 28 heavy (non-hydrogen) atoms. The van der Waals surface area contributed by atoms with Gasteiger partial charge in [0.2, 0.25) is 5.91 Å². The number of hydrogen-bond acceptors (Lipinski definition) is 4. The molecular weight excluding hydrogens is 354 g/mol. The van der Waals surface area contributed by atoms with Crippen molar-refractivity contribution in [3.8, 4) is 0 Å². The average molecular weight is 388 g/mol. The highest BCUT2D eigenvalue weighted by molar-refractivity contribution is 5.97. The van der Waals surface area contributed by atoms with Crippen LogP contribution in [0.4, 0.5) is 0 Å². The topological polar surface area (TPSA) is 70.5 Å². The van der Waals surface area contributed by atoms with Crippen LogP contribution in [0.3, 0.4) is 0 Å². The van der Waals surface area contributed by atoms with Crippen LogP contribution in [0.15, 0.2) is 18.5 Å². The third kappa shape index (κ3) is 3.99. The predicted molar refractivity (Wildman–Crippen MR) is 109 cm³/mol. The molecule has 154 valence electrons. The predicted octanol–water partition coefficient (Wildman–Crippen LogP) is 2.04. The van der Waals surface area contributed by atoms with Crippen LogP contribution in [0.5, 0.6) is 0 Å². The number of aromatic nitrogens is 2. The standard InChI is InChI=1S/C21H33N5O2/c1-21(2,3)18(19(27)22-4)26(15-9-7-6-8-10-15)20(28)17-16-13-24(5)11-12-25(16)14-23-17/h6-7,14-15,18H,8-13H2,1-5H3,(H,22,27)/t15-,18-/m1/s1. The van der Waals surface area contributed by atoms with Crippen LogP contribution in [-0.4, -0.2) is 63.9 Å². The maximum atomic E-state index is 13.8. The Hall–Kier alpha value is -2.15. The number of nitrogens with zero attached hydrogens (tertiary/aromatic N) is 4. The van der Waals surface area contributed by atoms with Gasteiger partial charge in [-0.1, -0.05) is 32.9 Å². The summed E-state index contributed by atoms with van der Waals surface area (Å²) in [7, 11) is 3.69. The van der Waals surface area contributed by atoms with E-state index in [1.54, 1.807) is 13.4 Å². The van der Waals surface area contributed by atoms with E-state index in [-0.39, 0.29) is 17.9 Å². The number of rotatable bonds is 4. The minimum absolute atomic E-state index is 0.00213. The second-order valence-electron chi connectivity index (χ2n) is 9.00. The fraction of sp³-hybridized carbons (Fsp3) is 0.667. The van der Waals surface area contributed by atoms with Gasteiger partial charge in [0.25, 0.3) is 5.91 Å². The van der Waals surface area contributed by atoms with E-state index >= 15 is 0 Å². The van der Waals surface area contributed by atoms with E-state index in [0.717, 1.165) is 38.0 Å². The summed E-state index contributed by atoms with van der Waals surface area (Å²) in [5.74, 6) is -0.256.